The Morgan fingerprint density at radius 1 is 1.70 bits per heavy atom. The van der Waals surface area contributed by atoms with Gasteiger partial charge in [-0.1, -0.05) is 13.0 Å². The van der Waals surface area contributed by atoms with Crippen LogP contribution in [0.1, 0.15) is 20.3 Å². The molecule has 0 aliphatic heterocycles. The largest absolute Gasteiger partial charge is 0.307 e. The third-order valence-electron chi connectivity index (χ3n) is 1.75. The van der Waals surface area contributed by atoms with Crippen molar-refractivity contribution < 1.29 is 0 Å². The molecule has 0 spiro atoms. The number of alkyl halides is 1. The Morgan fingerprint density at radius 2 is 2.30 bits per heavy atom. The molecule has 0 aromatic heterocycles. The molecular weight excluding hydrogens is 146 g/mol. The summed E-state index contributed by atoms with van der Waals surface area (Å²) < 4.78 is 0. The first-order valence-electron chi connectivity index (χ1n) is 3.60. The zero-order valence-electron chi connectivity index (χ0n) is 6.78. The second-order valence-electron chi connectivity index (χ2n) is 2.72. The number of hydrogen-bond acceptors (Lipinski definition) is 1. The van der Waals surface area contributed by atoms with Gasteiger partial charge in [-0.25, -0.2) is 0 Å². The molecule has 0 aliphatic carbocycles. The molecule has 60 valence electrons. The molecule has 0 heterocycles. The van der Waals surface area contributed by atoms with Crippen molar-refractivity contribution in [1.29, 1.82) is 0 Å². The van der Waals surface area contributed by atoms with Crippen molar-refractivity contribution in [2.45, 2.75) is 25.8 Å². The van der Waals surface area contributed by atoms with Gasteiger partial charge in [-0.3, -0.25) is 0 Å². The summed E-state index contributed by atoms with van der Waals surface area (Å²) in [5, 5.41) is 3.30. The van der Waals surface area contributed by atoms with Crippen LogP contribution in [0, 0.1) is 0 Å². The summed E-state index contributed by atoms with van der Waals surface area (Å²) in [7, 11) is 0. The monoisotopic (exact) mass is 161 g/mol. The molecule has 1 unspecified atom stereocenters. The van der Waals surface area contributed by atoms with Crippen molar-refractivity contribution in [2.24, 2.45) is 0 Å². The minimum atomic E-state index is 0.0791. The van der Waals surface area contributed by atoms with E-state index >= 15 is 0 Å². The summed E-state index contributed by atoms with van der Waals surface area (Å²) in [6, 6.07) is 0. The molecule has 0 fully saturated rings. The highest BCUT2D eigenvalue weighted by Gasteiger charge is 2.17. The molecule has 0 aliphatic rings. The van der Waals surface area contributed by atoms with Crippen LogP contribution in [-0.4, -0.2) is 18.0 Å². The highest BCUT2D eigenvalue weighted by Crippen LogP contribution is 2.10. The van der Waals surface area contributed by atoms with E-state index in [9.17, 15) is 0 Å². The maximum absolute atomic E-state index is 5.75. The van der Waals surface area contributed by atoms with Crippen LogP contribution in [0.3, 0.4) is 0 Å². The maximum atomic E-state index is 5.75. The highest BCUT2D eigenvalue weighted by molar-refractivity contribution is 6.18. The molecular formula is C8H16ClN. The average Bonchev–Trinajstić information content (AvgIpc) is 2.00. The third-order valence-corrected chi connectivity index (χ3v) is 2.34. The fraction of sp³-hybridized carbons (Fsp3) is 0.750. The molecule has 1 nitrogen and oxygen atoms in total. The van der Waals surface area contributed by atoms with E-state index in [0.29, 0.717) is 5.88 Å². The van der Waals surface area contributed by atoms with E-state index in [1.54, 1.807) is 0 Å². The Labute approximate surface area is 68.5 Å². The van der Waals surface area contributed by atoms with Gasteiger partial charge >= 0.3 is 0 Å². The summed E-state index contributed by atoms with van der Waals surface area (Å²) in [5.74, 6) is 0.650. The van der Waals surface area contributed by atoms with Crippen LogP contribution in [0.25, 0.3) is 0 Å². The quantitative estimate of drug-likeness (QED) is 0.482. The molecule has 0 rings (SSSR count). The number of nitrogens with one attached hydrogen (secondary N) is 1. The van der Waals surface area contributed by atoms with Crippen LogP contribution in [0.5, 0.6) is 0 Å². The van der Waals surface area contributed by atoms with Gasteiger partial charge < -0.3 is 5.32 Å². The van der Waals surface area contributed by atoms with Gasteiger partial charge in [0.05, 0.1) is 0 Å². The zero-order chi connectivity index (χ0) is 8.04. The number of halogens is 1. The molecule has 0 aromatic carbocycles. The van der Waals surface area contributed by atoms with Gasteiger partial charge in [-0.05, 0) is 13.3 Å². The Morgan fingerprint density at radius 3 is 2.60 bits per heavy atom. The van der Waals surface area contributed by atoms with Crippen LogP contribution >= 0.6 is 11.6 Å². The van der Waals surface area contributed by atoms with E-state index < -0.39 is 0 Å². The van der Waals surface area contributed by atoms with Gasteiger partial charge in [0.25, 0.3) is 0 Å². The van der Waals surface area contributed by atoms with E-state index in [1.807, 2.05) is 6.08 Å². The van der Waals surface area contributed by atoms with Crippen LogP contribution in [0.15, 0.2) is 12.7 Å². The zero-order valence-corrected chi connectivity index (χ0v) is 7.54. The average molecular weight is 162 g/mol. The molecule has 0 radical (unpaired) electrons. The van der Waals surface area contributed by atoms with Crippen LogP contribution in [0.4, 0.5) is 0 Å². The molecule has 1 atom stereocenters. The third kappa shape index (κ3) is 3.23. The first kappa shape index (κ1) is 9.99. The highest BCUT2D eigenvalue weighted by atomic mass is 35.5. The lowest BCUT2D eigenvalue weighted by Gasteiger charge is -2.26. The smallest absolute Gasteiger partial charge is 0.0403 e. The minimum Gasteiger partial charge on any atom is -0.307 e. The SMILES string of the molecule is C=CCNC(C)(CC)CCl. The molecule has 2 heteroatoms. The molecule has 0 aromatic rings. The van der Waals surface area contributed by atoms with Crippen molar-refractivity contribution in [3.63, 3.8) is 0 Å². The normalized spacial score (nSPS) is 16.3. The predicted molar refractivity (Wildman–Crippen MR) is 47.6 cm³/mol. The molecule has 10 heavy (non-hydrogen) atoms. The lowest BCUT2D eigenvalue weighted by Crippen LogP contribution is -2.43. The summed E-state index contributed by atoms with van der Waals surface area (Å²) in [5.41, 5.74) is 0.0791. The van der Waals surface area contributed by atoms with Crippen molar-refractivity contribution in [3.8, 4) is 0 Å². The maximum Gasteiger partial charge on any atom is 0.0403 e. The lowest BCUT2D eigenvalue weighted by atomic mass is 10.0. The summed E-state index contributed by atoms with van der Waals surface area (Å²) in [4.78, 5) is 0. The van der Waals surface area contributed by atoms with Gasteiger partial charge in [0.2, 0.25) is 0 Å². The molecule has 0 saturated carbocycles. The molecule has 0 saturated heterocycles. The van der Waals surface area contributed by atoms with Crippen molar-refractivity contribution in [1.82, 2.24) is 5.32 Å². The van der Waals surface area contributed by atoms with Gasteiger partial charge in [-0.2, -0.15) is 0 Å². The van der Waals surface area contributed by atoms with Crippen molar-refractivity contribution in [2.75, 3.05) is 12.4 Å². The van der Waals surface area contributed by atoms with Crippen LogP contribution < -0.4 is 5.32 Å². The van der Waals surface area contributed by atoms with Crippen LogP contribution in [-0.2, 0) is 0 Å². The Balaban J connectivity index is 3.68. The summed E-state index contributed by atoms with van der Waals surface area (Å²) >= 11 is 5.75. The van der Waals surface area contributed by atoms with Gasteiger partial charge in [0.15, 0.2) is 0 Å². The Hall–Kier alpha value is -0.0100. The van der Waals surface area contributed by atoms with Gasteiger partial charge in [0.1, 0.15) is 0 Å². The van der Waals surface area contributed by atoms with Crippen LogP contribution in [0.2, 0.25) is 0 Å². The second-order valence-corrected chi connectivity index (χ2v) is 2.98. The summed E-state index contributed by atoms with van der Waals surface area (Å²) in [6.07, 6.45) is 2.89. The van der Waals surface area contributed by atoms with Crippen molar-refractivity contribution in [3.05, 3.63) is 12.7 Å². The first-order valence-corrected chi connectivity index (χ1v) is 4.14. The van der Waals surface area contributed by atoms with Gasteiger partial charge in [0, 0.05) is 18.0 Å². The fourth-order valence-electron chi connectivity index (χ4n) is 0.585. The van der Waals surface area contributed by atoms with E-state index in [1.165, 1.54) is 0 Å². The lowest BCUT2D eigenvalue weighted by molar-refractivity contribution is 0.400. The minimum absolute atomic E-state index is 0.0791. The number of hydrogen-bond donors (Lipinski definition) is 1. The topological polar surface area (TPSA) is 12.0 Å². The second kappa shape index (κ2) is 4.75. The van der Waals surface area contributed by atoms with E-state index in [0.717, 1.165) is 13.0 Å². The van der Waals surface area contributed by atoms with E-state index in [2.05, 4.69) is 25.7 Å². The van der Waals surface area contributed by atoms with E-state index in [-0.39, 0.29) is 5.54 Å². The number of rotatable bonds is 5. The summed E-state index contributed by atoms with van der Waals surface area (Å²) in [6.45, 7) is 8.70. The fourth-order valence-corrected chi connectivity index (χ4v) is 0.869. The van der Waals surface area contributed by atoms with Gasteiger partial charge in [-0.15, -0.1) is 18.2 Å². The first-order chi connectivity index (χ1) is 4.68. The molecule has 1 N–H and O–H groups in total. The molecule has 0 bridgehead atoms. The molecule has 0 amide bonds. The van der Waals surface area contributed by atoms with Crippen molar-refractivity contribution >= 4 is 11.6 Å². The standard InChI is InChI=1S/C8H16ClN/c1-4-6-10-8(3,5-2)7-9/h4,10H,1,5-7H2,2-3H3. The van der Waals surface area contributed by atoms with E-state index in [4.69, 9.17) is 11.6 Å². The Bertz CT molecular complexity index is 97.4. The predicted octanol–water partition coefficient (Wildman–Crippen LogP) is 2.17. The Kier molecular flexibility index (Phi) is 4.75.